The van der Waals surface area contributed by atoms with Crippen LogP contribution in [0.5, 0.6) is 0 Å². The molecule has 2 bridgehead atoms. The monoisotopic (exact) mass is 221 g/mol. The van der Waals surface area contributed by atoms with Gasteiger partial charge in [-0.3, -0.25) is 0 Å². The molecule has 1 saturated carbocycles. The number of carbonyl (C=O) groups excluding carboxylic acids is 1. The number of carbonyl (C=O) groups is 1. The molecule has 4 aliphatic rings. The van der Waals surface area contributed by atoms with Crippen molar-refractivity contribution in [1.29, 1.82) is 0 Å². The van der Waals surface area contributed by atoms with Crippen LogP contribution in [0.25, 0.3) is 0 Å². The Morgan fingerprint density at radius 1 is 1.50 bits per heavy atom. The highest BCUT2D eigenvalue weighted by atomic mass is 16.6. The third-order valence-electron chi connectivity index (χ3n) is 4.55. The van der Waals surface area contributed by atoms with Crippen LogP contribution in [0, 0.1) is 5.92 Å². The van der Waals surface area contributed by atoms with E-state index in [9.17, 15) is 4.79 Å². The number of esters is 1. The third-order valence-corrected chi connectivity index (χ3v) is 4.55. The smallest absolute Gasteiger partial charge is 0.331 e. The van der Waals surface area contributed by atoms with Gasteiger partial charge in [0.25, 0.3) is 0 Å². The van der Waals surface area contributed by atoms with Crippen LogP contribution in [0.1, 0.15) is 32.6 Å². The number of hydrogen-bond acceptors (Lipinski definition) is 3. The summed E-state index contributed by atoms with van der Waals surface area (Å²) < 4.78 is 5.73. The summed E-state index contributed by atoms with van der Waals surface area (Å²) in [7, 11) is 2.19. The van der Waals surface area contributed by atoms with Gasteiger partial charge in [-0.05, 0) is 26.8 Å². The van der Waals surface area contributed by atoms with Crippen molar-refractivity contribution >= 4 is 5.97 Å². The molecule has 0 aromatic rings. The first-order valence-corrected chi connectivity index (χ1v) is 6.19. The van der Waals surface area contributed by atoms with Gasteiger partial charge in [-0.1, -0.05) is 5.57 Å². The lowest BCUT2D eigenvalue weighted by molar-refractivity contribution is -0.183. The van der Waals surface area contributed by atoms with Gasteiger partial charge in [-0.15, -0.1) is 0 Å². The molecule has 1 aliphatic carbocycles. The molecule has 3 heteroatoms. The van der Waals surface area contributed by atoms with Crippen molar-refractivity contribution in [3.63, 3.8) is 0 Å². The number of rotatable bonds is 0. The molecule has 0 amide bonds. The predicted molar refractivity (Wildman–Crippen MR) is 61.0 cm³/mol. The molecule has 0 N–H and O–H groups in total. The van der Waals surface area contributed by atoms with Gasteiger partial charge in [-0.25, -0.2) is 4.79 Å². The molecule has 2 saturated heterocycles. The maximum absolute atomic E-state index is 11.6. The Morgan fingerprint density at radius 3 is 2.88 bits per heavy atom. The summed E-state index contributed by atoms with van der Waals surface area (Å²) in [5.41, 5.74) is 1.03. The van der Waals surface area contributed by atoms with Gasteiger partial charge in [-0.2, -0.15) is 0 Å². The second kappa shape index (κ2) is 3.33. The second-order valence-corrected chi connectivity index (χ2v) is 5.73. The standard InChI is InChI=1S/C13H19NO2/c1-9-5-12(15)16-13(6-9)7-11-4-3-10(13)8-14(11)2/h5,10-11H,3-4,6-8H2,1-2H3/t10-,11-,13+/m1/s1. The molecule has 0 aromatic carbocycles. The highest BCUT2D eigenvalue weighted by Gasteiger charge is 2.53. The number of ether oxygens (including phenoxy) is 1. The quantitative estimate of drug-likeness (QED) is 0.583. The summed E-state index contributed by atoms with van der Waals surface area (Å²) in [6.45, 7) is 3.14. The van der Waals surface area contributed by atoms with Gasteiger partial charge in [0.05, 0.1) is 0 Å². The molecule has 88 valence electrons. The van der Waals surface area contributed by atoms with Crippen LogP contribution in [0.3, 0.4) is 0 Å². The van der Waals surface area contributed by atoms with Crippen LogP contribution in [-0.4, -0.2) is 36.1 Å². The zero-order valence-corrected chi connectivity index (χ0v) is 10.0. The van der Waals surface area contributed by atoms with Crippen LogP contribution in [0.15, 0.2) is 11.6 Å². The summed E-state index contributed by atoms with van der Waals surface area (Å²) in [5.74, 6) is 0.411. The van der Waals surface area contributed by atoms with E-state index in [4.69, 9.17) is 4.74 Å². The van der Waals surface area contributed by atoms with Crippen LogP contribution < -0.4 is 0 Å². The molecule has 0 aromatic heterocycles. The lowest BCUT2D eigenvalue weighted by atomic mass is 9.66. The molecule has 3 atom stereocenters. The molecule has 3 nitrogen and oxygen atoms in total. The summed E-state index contributed by atoms with van der Waals surface area (Å²) in [6.07, 6.45) is 6.12. The molecule has 3 heterocycles. The number of hydrogen-bond donors (Lipinski definition) is 0. The van der Waals surface area contributed by atoms with E-state index < -0.39 is 0 Å². The van der Waals surface area contributed by atoms with E-state index in [1.54, 1.807) is 6.08 Å². The number of fused-ring (bicyclic) bond motifs is 2. The Labute approximate surface area is 96.4 Å². The molecule has 1 spiro atoms. The van der Waals surface area contributed by atoms with Crippen LogP contribution >= 0.6 is 0 Å². The highest BCUT2D eigenvalue weighted by molar-refractivity contribution is 5.84. The first-order chi connectivity index (χ1) is 7.59. The van der Waals surface area contributed by atoms with Gasteiger partial charge in [0, 0.05) is 37.4 Å². The molecule has 4 rings (SSSR count). The fraction of sp³-hybridized carbons (Fsp3) is 0.769. The molecule has 3 aliphatic heterocycles. The van der Waals surface area contributed by atoms with Crippen molar-refractivity contribution in [3.8, 4) is 0 Å². The molecular weight excluding hydrogens is 202 g/mol. The Kier molecular flexibility index (Phi) is 2.15. The Hall–Kier alpha value is -0.830. The van der Waals surface area contributed by atoms with Gasteiger partial charge in [0.15, 0.2) is 0 Å². The normalized spacial score (nSPS) is 43.4. The minimum Gasteiger partial charge on any atom is -0.455 e. The van der Waals surface area contributed by atoms with Crippen molar-refractivity contribution in [3.05, 3.63) is 11.6 Å². The second-order valence-electron chi connectivity index (χ2n) is 5.73. The largest absolute Gasteiger partial charge is 0.455 e. The Morgan fingerprint density at radius 2 is 2.31 bits per heavy atom. The minimum absolute atomic E-state index is 0.126. The fourth-order valence-electron chi connectivity index (χ4n) is 3.79. The lowest BCUT2D eigenvalue weighted by Gasteiger charge is -2.55. The first kappa shape index (κ1) is 10.3. The van der Waals surface area contributed by atoms with Crippen molar-refractivity contribution in [2.24, 2.45) is 5.92 Å². The van der Waals surface area contributed by atoms with E-state index in [1.165, 1.54) is 18.4 Å². The van der Waals surface area contributed by atoms with Gasteiger partial charge in [0.2, 0.25) is 0 Å². The summed E-state index contributed by atoms with van der Waals surface area (Å²) in [4.78, 5) is 14.0. The van der Waals surface area contributed by atoms with Crippen molar-refractivity contribution in [2.75, 3.05) is 13.6 Å². The molecular formula is C13H19NO2. The maximum Gasteiger partial charge on any atom is 0.331 e. The van der Waals surface area contributed by atoms with E-state index in [0.717, 1.165) is 19.4 Å². The molecule has 3 fully saturated rings. The van der Waals surface area contributed by atoms with Crippen molar-refractivity contribution in [2.45, 2.75) is 44.2 Å². The number of piperidine rings is 2. The van der Waals surface area contributed by atoms with E-state index in [0.29, 0.717) is 12.0 Å². The summed E-state index contributed by atoms with van der Waals surface area (Å²) in [6, 6.07) is 0.615. The number of nitrogens with zero attached hydrogens (tertiary/aromatic N) is 1. The topological polar surface area (TPSA) is 29.5 Å². The van der Waals surface area contributed by atoms with Crippen LogP contribution in [0.4, 0.5) is 0 Å². The van der Waals surface area contributed by atoms with Gasteiger partial charge >= 0.3 is 5.97 Å². The third kappa shape index (κ3) is 1.41. The average Bonchev–Trinajstić information content (AvgIpc) is 2.18. The van der Waals surface area contributed by atoms with Gasteiger partial charge in [0.1, 0.15) is 5.60 Å². The zero-order chi connectivity index (χ0) is 11.3. The molecule has 0 radical (unpaired) electrons. The lowest BCUT2D eigenvalue weighted by Crippen LogP contribution is -2.61. The van der Waals surface area contributed by atoms with Crippen molar-refractivity contribution < 1.29 is 9.53 Å². The minimum atomic E-state index is -0.161. The average molecular weight is 221 g/mol. The first-order valence-electron chi connectivity index (χ1n) is 6.19. The van der Waals surface area contributed by atoms with E-state index >= 15 is 0 Å². The SMILES string of the molecule is CC1=CC(=O)O[C@@]2(C1)C[C@H]1CC[C@@H]2CN1C. The molecule has 16 heavy (non-hydrogen) atoms. The fourth-order valence-corrected chi connectivity index (χ4v) is 3.79. The van der Waals surface area contributed by atoms with E-state index in [1.807, 2.05) is 6.92 Å². The van der Waals surface area contributed by atoms with E-state index in [2.05, 4.69) is 11.9 Å². The van der Waals surface area contributed by atoms with Crippen LogP contribution in [0.2, 0.25) is 0 Å². The highest BCUT2D eigenvalue weighted by Crippen LogP contribution is 2.48. The predicted octanol–water partition coefficient (Wildman–Crippen LogP) is 1.73. The molecule has 0 unspecified atom stereocenters. The Balaban J connectivity index is 1.90. The van der Waals surface area contributed by atoms with Crippen molar-refractivity contribution in [1.82, 2.24) is 4.90 Å². The summed E-state index contributed by atoms with van der Waals surface area (Å²) >= 11 is 0. The maximum atomic E-state index is 11.6. The zero-order valence-electron chi connectivity index (χ0n) is 10.0. The van der Waals surface area contributed by atoms with Crippen LogP contribution in [-0.2, 0) is 9.53 Å². The summed E-state index contributed by atoms with van der Waals surface area (Å²) in [5, 5.41) is 0. The van der Waals surface area contributed by atoms with Gasteiger partial charge < -0.3 is 9.64 Å². The van der Waals surface area contributed by atoms with E-state index in [-0.39, 0.29) is 11.6 Å². The Bertz CT molecular complexity index is 363.